The first-order valence-electron chi connectivity index (χ1n) is 10.5. The van der Waals surface area contributed by atoms with Crippen molar-refractivity contribution in [2.75, 3.05) is 32.8 Å². The number of hydrogen-bond donors (Lipinski definition) is 1. The summed E-state index contributed by atoms with van der Waals surface area (Å²) in [6.45, 7) is 4.92. The van der Waals surface area contributed by atoms with E-state index in [-0.39, 0.29) is 17.8 Å². The number of hydrogen-bond acceptors (Lipinski definition) is 5. The lowest BCUT2D eigenvalue weighted by atomic mass is 10.2. The Labute approximate surface area is 181 Å². The zero-order chi connectivity index (χ0) is 21.5. The van der Waals surface area contributed by atoms with Crippen LogP contribution in [0.5, 0.6) is 0 Å². The molecule has 1 saturated heterocycles. The quantitative estimate of drug-likeness (QED) is 0.319. The van der Waals surface area contributed by atoms with E-state index < -0.39 is 5.90 Å². The Bertz CT molecular complexity index is 1050. The lowest BCUT2D eigenvalue weighted by Gasteiger charge is -2.25. The van der Waals surface area contributed by atoms with Crippen LogP contribution in [0.15, 0.2) is 70.5 Å². The molecule has 162 valence electrons. The zero-order valence-corrected chi connectivity index (χ0v) is 17.4. The zero-order valence-electron chi connectivity index (χ0n) is 17.4. The highest BCUT2D eigenvalue weighted by atomic mass is 16.5. The second-order valence-electron chi connectivity index (χ2n) is 7.54. The van der Waals surface area contributed by atoms with Crippen molar-refractivity contribution in [2.45, 2.75) is 19.6 Å². The third kappa shape index (κ3) is 5.48. The van der Waals surface area contributed by atoms with Gasteiger partial charge in [0.25, 0.3) is 0 Å². The Balaban J connectivity index is 1.59. The van der Waals surface area contributed by atoms with Gasteiger partial charge in [-0.15, -0.1) is 4.68 Å². The van der Waals surface area contributed by atoms with Crippen LogP contribution in [0.4, 0.5) is 0 Å². The predicted molar refractivity (Wildman–Crippen MR) is 115 cm³/mol. The first-order valence-corrected chi connectivity index (χ1v) is 10.5. The maximum atomic E-state index is 13.1. The van der Waals surface area contributed by atoms with Crippen LogP contribution in [-0.4, -0.2) is 53.5 Å². The van der Waals surface area contributed by atoms with Gasteiger partial charge in [-0.05, 0) is 11.1 Å². The van der Waals surface area contributed by atoms with E-state index in [1.807, 2.05) is 60.7 Å². The Hall–Kier alpha value is -3.23. The Morgan fingerprint density at radius 2 is 1.68 bits per heavy atom. The van der Waals surface area contributed by atoms with E-state index in [4.69, 9.17) is 4.74 Å². The Morgan fingerprint density at radius 1 is 1.03 bits per heavy atom. The van der Waals surface area contributed by atoms with Crippen molar-refractivity contribution in [2.24, 2.45) is 4.99 Å². The summed E-state index contributed by atoms with van der Waals surface area (Å²) in [5.74, 6) is -0.501. The molecule has 1 N–H and O–H groups in total. The Kier molecular flexibility index (Phi) is 6.91. The standard InChI is InChI=1S/C23H27N5O3/c29-22(24-17-19-7-3-1-4-8-19)21-23(30)28(18-20-9-5-2-6-10-20)25-27(21)12-11-26-13-15-31-16-14-26/h1-10H,11-18H2,(H-,24,25,29,30). The molecule has 4 rings (SSSR count). The van der Waals surface area contributed by atoms with E-state index in [1.165, 1.54) is 4.68 Å². The molecule has 0 aliphatic carbocycles. The van der Waals surface area contributed by atoms with Crippen LogP contribution < -0.4 is 15.3 Å². The molecule has 1 aliphatic rings. The summed E-state index contributed by atoms with van der Waals surface area (Å²) in [5, 5.41) is 16.0. The van der Waals surface area contributed by atoms with Crippen LogP contribution in [0.25, 0.3) is 0 Å². The van der Waals surface area contributed by atoms with Crippen molar-refractivity contribution >= 4 is 5.90 Å². The summed E-state index contributed by atoms with van der Waals surface area (Å²) in [5.41, 5.74) is 1.62. The van der Waals surface area contributed by atoms with Crippen LogP contribution >= 0.6 is 0 Å². The number of benzene rings is 2. The molecule has 0 amide bonds. The van der Waals surface area contributed by atoms with E-state index in [9.17, 15) is 9.90 Å². The molecule has 1 aromatic heterocycles. The molecule has 0 bridgehead atoms. The lowest BCUT2D eigenvalue weighted by molar-refractivity contribution is -0.757. The van der Waals surface area contributed by atoms with Crippen LogP contribution in [0.3, 0.4) is 0 Å². The smallest absolute Gasteiger partial charge is 0.401 e. The Morgan fingerprint density at radius 3 is 2.35 bits per heavy atom. The lowest BCUT2D eigenvalue weighted by Crippen LogP contribution is -2.51. The van der Waals surface area contributed by atoms with Crippen molar-refractivity contribution in [3.05, 3.63) is 87.8 Å². The van der Waals surface area contributed by atoms with Crippen LogP contribution in [-0.2, 0) is 24.4 Å². The van der Waals surface area contributed by atoms with Gasteiger partial charge in [0, 0.05) is 25.5 Å². The molecule has 0 radical (unpaired) electrons. The van der Waals surface area contributed by atoms with Gasteiger partial charge in [-0.2, -0.15) is 4.68 Å². The van der Waals surface area contributed by atoms with Crippen LogP contribution in [0.2, 0.25) is 0 Å². The minimum absolute atomic E-state index is 0.0696. The fourth-order valence-electron chi connectivity index (χ4n) is 3.61. The van der Waals surface area contributed by atoms with Gasteiger partial charge < -0.3 is 9.84 Å². The first kappa shape index (κ1) is 21.0. The topological polar surface area (TPSA) is 89.6 Å². The van der Waals surface area contributed by atoms with Gasteiger partial charge in [0.2, 0.25) is 5.69 Å². The SMILES string of the molecule is O=c1c(C([O-])=NCc2ccccc2)[n+](CCN2CCOCC2)[nH]n1Cc1ccccc1. The molecule has 2 heterocycles. The number of aliphatic imine (C=N–C) groups is 1. The highest BCUT2D eigenvalue weighted by Gasteiger charge is 2.23. The highest BCUT2D eigenvalue weighted by molar-refractivity contribution is 5.86. The predicted octanol–water partition coefficient (Wildman–Crippen LogP) is 0.152. The van der Waals surface area contributed by atoms with Crippen molar-refractivity contribution in [3.8, 4) is 0 Å². The maximum Gasteiger partial charge on any atom is 0.401 e. The van der Waals surface area contributed by atoms with Crippen molar-refractivity contribution in [1.29, 1.82) is 0 Å². The summed E-state index contributed by atoms with van der Waals surface area (Å²) in [6, 6.07) is 19.2. The highest BCUT2D eigenvalue weighted by Crippen LogP contribution is 2.02. The maximum absolute atomic E-state index is 13.1. The summed E-state index contributed by atoms with van der Waals surface area (Å²) < 4.78 is 8.51. The number of H-pyrrole nitrogens is 1. The normalized spacial score (nSPS) is 15.3. The monoisotopic (exact) mass is 421 g/mol. The summed E-state index contributed by atoms with van der Waals surface area (Å²) >= 11 is 0. The van der Waals surface area contributed by atoms with Gasteiger partial charge in [-0.1, -0.05) is 65.9 Å². The fraction of sp³-hybridized carbons (Fsp3) is 0.348. The van der Waals surface area contributed by atoms with Gasteiger partial charge in [0.1, 0.15) is 13.1 Å². The van der Waals surface area contributed by atoms with Crippen molar-refractivity contribution in [3.63, 3.8) is 0 Å². The minimum atomic E-state index is -0.501. The third-order valence-electron chi connectivity index (χ3n) is 5.34. The second-order valence-corrected chi connectivity index (χ2v) is 7.54. The number of nitrogens with zero attached hydrogens (tertiary/aromatic N) is 4. The molecule has 1 aliphatic heterocycles. The summed E-state index contributed by atoms with van der Waals surface area (Å²) in [6.07, 6.45) is 0. The number of aromatic amines is 1. The van der Waals surface area contributed by atoms with Crippen molar-refractivity contribution < 1.29 is 14.5 Å². The molecule has 0 saturated carbocycles. The average molecular weight is 422 g/mol. The molecule has 0 atom stereocenters. The van der Waals surface area contributed by atoms with Crippen LogP contribution in [0, 0.1) is 0 Å². The molecule has 1 fully saturated rings. The van der Waals surface area contributed by atoms with Gasteiger partial charge in [0.15, 0.2) is 0 Å². The fourth-order valence-corrected chi connectivity index (χ4v) is 3.61. The molecule has 31 heavy (non-hydrogen) atoms. The second kappa shape index (κ2) is 10.2. The van der Waals surface area contributed by atoms with E-state index >= 15 is 0 Å². The number of morpholine rings is 1. The van der Waals surface area contributed by atoms with E-state index in [0.717, 1.165) is 30.8 Å². The van der Waals surface area contributed by atoms with Crippen molar-refractivity contribution in [1.82, 2.24) is 14.8 Å². The number of aromatic nitrogens is 3. The molecule has 3 aromatic rings. The van der Waals surface area contributed by atoms with Crippen LogP contribution in [0.1, 0.15) is 16.8 Å². The van der Waals surface area contributed by atoms with Gasteiger partial charge >= 0.3 is 5.56 Å². The number of nitrogens with one attached hydrogen (secondary N) is 1. The molecular formula is C23H27N5O3. The first-order chi connectivity index (χ1) is 15.2. The number of rotatable bonds is 8. The van der Waals surface area contributed by atoms with E-state index in [2.05, 4.69) is 15.1 Å². The average Bonchev–Trinajstić information content (AvgIpc) is 3.13. The van der Waals surface area contributed by atoms with Gasteiger partial charge in [0.05, 0.1) is 19.8 Å². The molecule has 8 nitrogen and oxygen atoms in total. The van der Waals surface area contributed by atoms with Gasteiger partial charge in [-0.25, -0.2) is 4.79 Å². The third-order valence-corrected chi connectivity index (χ3v) is 5.34. The van der Waals surface area contributed by atoms with E-state index in [0.29, 0.717) is 26.3 Å². The van der Waals surface area contributed by atoms with Gasteiger partial charge in [-0.3, -0.25) is 9.89 Å². The minimum Gasteiger partial charge on any atom is -0.856 e. The largest absolute Gasteiger partial charge is 0.856 e. The molecular weight excluding hydrogens is 394 g/mol. The molecule has 0 spiro atoms. The summed E-state index contributed by atoms with van der Waals surface area (Å²) in [4.78, 5) is 19.5. The summed E-state index contributed by atoms with van der Waals surface area (Å²) in [7, 11) is 0. The molecule has 8 heteroatoms. The number of ether oxygens (including phenoxy) is 1. The molecule has 2 aromatic carbocycles. The molecule has 0 unspecified atom stereocenters. The van der Waals surface area contributed by atoms with E-state index in [1.54, 1.807) is 4.68 Å².